The van der Waals surface area contributed by atoms with Crippen LogP contribution in [0.5, 0.6) is 5.75 Å². The van der Waals surface area contributed by atoms with Crippen molar-refractivity contribution in [1.29, 1.82) is 0 Å². The summed E-state index contributed by atoms with van der Waals surface area (Å²) in [5.74, 6) is 0.716. The summed E-state index contributed by atoms with van der Waals surface area (Å²) in [7, 11) is 0. The summed E-state index contributed by atoms with van der Waals surface area (Å²) in [5.41, 5.74) is 10.8. The number of esters is 1. The zero-order valence-electron chi connectivity index (χ0n) is 17.5. The molecule has 3 aromatic rings. The number of nitrogens with one attached hydrogen (secondary N) is 1. The molecular weight excluding hydrogens is 382 g/mol. The predicted octanol–water partition coefficient (Wildman–Crippen LogP) is 3.55. The predicted molar refractivity (Wildman–Crippen MR) is 115 cm³/mol. The van der Waals surface area contributed by atoms with Crippen LogP contribution in [0.25, 0.3) is 0 Å². The first-order chi connectivity index (χ1) is 14.3. The third-order valence-corrected chi connectivity index (χ3v) is 4.31. The van der Waals surface area contributed by atoms with Crippen LogP contribution in [0.1, 0.15) is 28.1 Å². The summed E-state index contributed by atoms with van der Waals surface area (Å²) in [5, 5.41) is 3.06. The Hall–Kier alpha value is -3.68. The SMILES string of the molecule is Cc1ccc(Nc2nc(N)nc(COC(=O)COc3c(C)cc(C)cc3C)n2)cc1. The Morgan fingerprint density at radius 2 is 1.63 bits per heavy atom. The van der Waals surface area contributed by atoms with Gasteiger partial charge in [0.1, 0.15) is 5.75 Å². The van der Waals surface area contributed by atoms with E-state index in [0.29, 0.717) is 5.75 Å². The molecule has 2 aromatic carbocycles. The zero-order chi connectivity index (χ0) is 21.7. The molecule has 30 heavy (non-hydrogen) atoms. The Morgan fingerprint density at radius 1 is 0.967 bits per heavy atom. The van der Waals surface area contributed by atoms with Crippen molar-refractivity contribution in [2.75, 3.05) is 17.7 Å². The van der Waals surface area contributed by atoms with Gasteiger partial charge in [0.2, 0.25) is 11.9 Å². The minimum absolute atomic E-state index is 0.0350. The highest BCUT2D eigenvalue weighted by molar-refractivity contribution is 5.71. The number of nitrogens with zero attached hydrogens (tertiary/aromatic N) is 3. The molecule has 0 aliphatic rings. The van der Waals surface area contributed by atoms with E-state index in [2.05, 4.69) is 20.3 Å². The maximum absolute atomic E-state index is 12.1. The quantitative estimate of drug-likeness (QED) is 0.572. The molecule has 0 aliphatic carbocycles. The zero-order valence-corrected chi connectivity index (χ0v) is 17.5. The van der Waals surface area contributed by atoms with Crippen LogP contribution in [-0.2, 0) is 16.1 Å². The summed E-state index contributed by atoms with van der Waals surface area (Å²) in [6, 6.07) is 11.7. The fourth-order valence-corrected chi connectivity index (χ4v) is 3.04. The Labute approximate surface area is 175 Å². The molecule has 3 N–H and O–H groups in total. The van der Waals surface area contributed by atoms with Crippen LogP contribution < -0.4 is 15.8 Å². The maximum atomic E-state index is 12.1. The number of nitrogens with two attached hydrogens (primary N) is 1. The van der Waals surface area contributed by atoms with Crippen LogP contribution in [-0.4, -0.2) is 27.5 Å². The number of hydrogen-bond acceptors (Lipinski definition) is 8. The molecule has 3 rings (SSSR count). The molecule has 0 radical (unpaired) electrons. The third kappa shape index (κ3) is 5.66. The third-order valence-electron chi connectivity index (χ3n) is 4.31. The van der Waals surface area contributed by atoms with Gasteiger partial charge in [-0.25, -0.2) is 4.79 Å². The second kappa shape index (κ2) is 9.21. The summed E-state index contributed by atoms with van der Waals surface area (Å²) in [6.07, 6.45) is 0. The molecule has 156 valence electrons. The molecular formula is C22H25N5O3. The van der Waals surface area contributed by atoms with Crippen molar-refractivity contribution in [2.24, 2.45) is 0 Å². The minimum Gasteiger partial charge on any atom is -0.481 e. The van der Waals surface area contributed by atoms with E-state index in [9.17, 15) is 4.79 Å². The van der Waals surface area contributed by atoms with Crippen LogP contribution in [0, 0.1) is 27.7 Å². The van der Waals surface area contributed by atoms with Gasteiger partial charge in [0.25, 0.3) is 0 Å². The number of ether oxygens (including phenoxy) is 2. The van der Waals surface area contributed by atoms with E-state index >= 15 is 0 Å². The number of anilines is 3. The number of carbonyl (C=O) groups excluding carboxylic acids is 1. The molecule has 0 fully saturated rings. The van der Waals surface area contributed by atoms with E-state index in [0.717, 1.165) is 27.9 Å². The average molecular weight is 407 g/mol. The van der Waals surface area contributed by atoms with Gasteiger partial charge in [-0.3, -0.25) is 0 Å². The molecule has 1 aromatic heterocycles. The molecule has 0 atom stereocenters. The van der Waals surface area contributed by atoms with E-state index in [-0.39, 0.29) is 30.9 Å². The topological polar surface area (TPSA) is 112 Å². The van der Waals surface area contributed by atoms with E-state index in [1.54, 1.807) is 0 Å². The first-order valence-electron chi connectivity index (χ1n) is 9.50. The van der Waals surface area contributed by atoms with Crippen LogP contribution in [0.2, 0.25) is 0 Å². The Morgan fingerprint density at radius 3 is 2.30 bits per heavy atom. The standard InChI is InChI=1S/C22H25N5O3/c1-13-5-7-17(8-6-13)24-22-26-18(25-21(23)27-22)11-29-19(28)12-30-20-15(3)9-14(2)10-16(20)4/h5-10H,11-12H2,1-4H3,(H3,23,24,25,26,27). The van der Waals surface area contributed by atoms with E-state index in [4.69, 9.17) is 15.2 Å². The first-order valence-corrected chi connectivity index (χ1v) is 9.50. The molecule has 0 aliphatic heterocycles. The lowest BCUT2D eigenvalue weighted by Crippen LogP contribution is -2.17. The van der Waals surface area contributed by atoms with Crippen molar-refractivity contribution in [2.45, 2.75) is 34.3 Å². The van der Waals surface area contributed by atoms with Crippen molar-refractivity contribution in [3.05, 3.63) is 64.5 Å². The number of hydrogen-bond donors (Lipinski definition) is 2. The molecule has 1 heterocycles. The molecule has 0 amide bonds. The van der Waals surface area contributed by atoms with Crippen molar-refractivity contribution in [3.63, 3.8) is 0 Å². The summed E-state index contributed by atoms with van der Waals surface area (Å²) < 4.78 is 10.9. The second-order valence-electron chi connectivity index (χ2n) is 7.10. The van der Waals surface area contributed by atoms with Gasteiger partial charge in [-0.05, 0) is 51.0 Å². The van der Waals surface area contributed by atoms with Crippen LogP contribution >= 0.6 is 0 Å². The number of benzene rings is 2. The van der Waals surface area contributed by atoms with Crippen LogP contribution in [0.3, 0.4) is 0 Å². The fraction of sp³-hybridized carbons (Fsp3) is 0.273. The van der Waals surface area contributed by atoms with Crippen LogP contribution in [0.4, 0.5) is 17.6 Å². The van der Waals surface area contributed by atoms with Crippen LogP contribution in [0.15, 0.2) is 36.4 Å². The Bertz CT molecular complexity index is 1030. The highest BCUT2D eigenvalue weighted by Crippen LogP contribution is 2.24. The van der Waals surface area contributed by atoms with E-state index < -0.39 is 5.97 Å². The summed E-state index contributed by atoms with van der Waals surface area (Å²) >= 11 is 0. The summed E-state index contributed by atoms with van der Waals surface area (Å²) in [4.78, 5) is 24.4. The van der Waals surface area contributed by atoms with Crippen molar-refractivity contribution in [1.82, 2.24) is 15.0 Å². The average Bonchev–Trinajstić information content (AvgIpc) is 2.67. The maximum Gasteiger partial charge on any atom is 0.344 e. The number of aryl methyl sites for hydroxylation is 4. The molecule has 0 saturated carbocycles. The second-order valence-corrected chi connectivity index (χ2v) is 7.10. The fourth-order valence-electron chi connectivity index (χ4n) is 3.04. The smallest absolute Gasteiger partial charge is 0.344 e. The van der Waals surface area contributed by atoms with E-state index in [1.807, 2.05) is 64.1 Å². The van der Waals surface area contributed by atoms with Gasteiger partial charge in [-0.2, -0.15) is 15.0 Å². The molecule has 0 spiro atoms. The Balaban J connectivity index is 1.58. The van der Waals surface area contributed by atoms with Crippen molar-refractivity contribution in [3.8, 4) is 5.75 Å². The van der Waals surface area contributed by atoms with Gasteiger partial charge in [-0.1, -0.05) is 35.4 Å². The highest BCUT2D eigenvalue weighted by Gasteiger charge is 2.12. The van der Waals surface area contributed by atoms with Gasteiger partial charge in [0, 0.05) is 5.69 Å². The molecule has 0 saturated heterocycles. The number of aromatic nitrogens is 3. The summed E-state index contributed by atoms with van der Waals surface area (Å²) in [6.45, 7) is 7.56. The van der Waals surface area contributed by atoms with Gasteiger partial charge in [0.15, 0.2) is 19.0 Å². The normalized spacial score (nSPS) is 10.5. The molecule has 8 heteroatoms. The number of carbonyl (C=O) groups is 1. The largest absolute Gasteiger partial charge is 0.481 e. The minimum atomic E-state index is -0.526. The molecule has 0 bridgehead atoms. The lowest BCUT2D eigenvalue weighted by atomic mass is 10.1. The number of rotatable bonds is 7. The monoisotopic (exact) mass is 407 g/mol. The van der Waals surface area contributed by atoms with E-state index in [1.165, 1.54) is 0 Å². The number of nitrogen functional groups attached to an aromatic ring is 1. The lowest BCUT2D eigenvalue weighted by molar-refractivity contribution is -0.147. The molecule has 8 nitrogen and oxygen atoms in total. The van der Waals surface area contributed by atoms with Gasteiger partial charge in [-0.15, -0.1) is 0 Å². The van der Waals surface area contributed by atoms with Crippen molar-refractivity contribution >= 4 is 23.6 Å². The highest BCUT2D eigenvalue weighted by atomic mass is 16.6. The van der Waals surface area contributed by atoms with Gasteiger partial charge >= 0.3 is 5.97 Å². The van der Waals surface area contributed by atoms with Crippen molar-refractivity contribution < 1.29 is 14.3 Å². The first kappa shape index (κ1) is 21.0. The van der Waals surface area contributed by atoms with Gasteiger partial charge in [0.05, 0.1) is 0 Å². The Kier molecular flexibility index (Phi) is 6.46. The van der Waals surface area contributed by atoms with Gasteiger partial charge < -0.3 is 20.5 Å². The lowest BCUT2D eigenvalue weighted by Gasteiger charge is -2.13. The molecule has 0 unspecified atom stereocenters.